The number of rotatable bonds is 4. The van der Waals surface area contributed by atoms with Gasteiger partial charge >= 0.3 is 49.4 Å². The Hall–Kier alpha value is 1.80. The van der Waals surface area contributed by atoms with Crippen molar-refractivity contribution in [2.24, 2.45) is 5.92 Å². The molecular formula is C13H31EuSi. The minimum Gasteiger partial charge on any atom is -0.346 e. The van der Waals surface area contributed by atoms with Crippen LogP contribution >= 0.6 is 0 Å². The first-order valence-corrected chi connectivity index (χ1v) is 8.07. The van der Waals surface area contributed by atoms with Crippen LogP contribution in [0.5, 0.6) is 0 Å². The first kappa shape index (κ1) is 25.6. The van der Waals surface area contributed by atoms with Crippen LogP contribution < -0.4 is 0 Å². The van der Waals surface area contributed by atoms with Gasteiger partial charge in [0.2, 0.25) is 0 Å². The van der Waals surface area contributed by atoms with Gasteiger partial charge in [-0.2, -0.15) is 13.3 Å². The minimum absolute atomic E-state index is 0. The zero-order valence-electron chi connectivity index (χ0n) is 11.7. The van der Waals surface area contributed by atoms with E-state index in [1.165, 1.54) is 18.1 Å². The van der Waals surface area contributed by atoms with E-state index in [2.05, 4.69) is 48.5 Å². The Labute approximate surface area is 142 Å². The van der Waals surface area contributed by atoms with Crippen molar-refractivity contribution < 1.29 is 49.4 Å². The predicted octanol–water partition coefficient (Wildman–Crippen LogP) is 5.25. The summed E-state index contributed by atoms with van der Waals surface area (Å²) in [5.74, 6) is 0.773. The maximum absolute atomic E-state index is 3.69. The van der Waals surface area contributed by atoms with Crippen LogP contribution in [0.3, 0.4) is 0 Å². The summed E-state index contributed by atoms with van der Waals surface area (Å²) < 4.78 is 0. The van der Waals surface area contributed by atoms with Crippen LogP contribution in [0.25, 0.3) is 0 Å². The van der Waals surface area contributed by atoms with E-state index < -0.39 is 0 Å². The smallest absolute Gasteiger partial charge is 0.346 e. The van der Waals surface area contributed by atoms with Gasteiger partial charge in [0.15, 0.2) is 0 Å². The largest absolute Gasteiger partial charge is 2.00 e. The predicted molar refractivity (Wildman–Crippen MR) is 73.0 cm³/mol. The molecule has 2 heteroatoms. The second kappa shape index (κ2) is 24.9. The van der Waals surface area contributed by atoms with Gasteiger partial charge in [0.1, 0.15) is 0 Å². The van der Waals surface area contributed by atoms with Gasteiger partial charge in [-0.3, -0.25) is 0 Å². The number of hydrogen-bond acceptors (Lipinski definition) is 0. The minimum atomic E-state index is 0. The van der Waals surface area contributed by atoms with E-state index >= 15 is 0 Å². The molecule has 0 saturated heterocycles. The molecule has 0 aromatic carbocycles. The van der Waals surface area contributed by atoms with Crippen molar-refractivity contribution in [1.82, 2.24) is 0 Å². The zero-order valence-corrected chi connectivity index (χ0v) is 15.1. The molecule has 0 bridgehead atoms. The SMILES string of the molecule is CC[Si](CC)CC.[CH2-]C.[CH2-]CC(C)C.[Eu+2]. The molecule has 2 radical (unpaired) electrons. The first-order valence-electron chi connectivity index (χ1n) is 5.95. The van der Waals surface area contributed by atoms with Crippen molar-refractivity contribution >= 4 is 8.80 Å². The second-order valence-electron chi connectivity index (χ2n) is 3.49. The fraction of sp³-hybridized carbons (Fsp3) is 0.846. The van der Waals surface area contributed by atoms with Crippen LogP contribution in [0.1, 0.15) is 48.0 Å². The Morgan fingerprint density at radius 2 is 1.13 bits per heavy atom. The summed E-state index contributed by atoms with van der Waals surface area (Å²) in [4.78, 5) is 0. The Balaban J connectivity index is -0.0000000675. The summed E-state index contributed by atoms with van der Waals surface area (Å²) >= 11 is 0. The molecule has 0 aliphatic rings. The van der Waals surface area contributed by atoms with Crippen LogP contribution in [0.15, 0.2) is 0 Å². The van der Waals surface area contributed by atoms with Crippen LogP contribution in [-0.4, -0.2) is 8.80 Å². The summed E-state index contributed by atoms with van der Waals surface area (Å²) in [6, 6.07) is 4.37. The van der Waals surface area contributed by atoms with Crippen molar-refractivity contribution in [3.05, 3.63) is 13.8 Å². The second-order valence-corrected chi connectivity index (χ2v) is 7.11. The maximum atomic E-state index is 3.69. The van der Waals surface area contributed by atoms with E-state index in [4.69, 9.17) is 0 Å². The molecule has 0 rings (SSSR count). The molecule has 15 heavy (non-hydrogen) atoms. The normalized spacial score (nSPS) is 8.40. The van der Waals surface area contributed by atoms with Gasteiger partial charge < -0.3 is 13.8 Å². The topological polar surface area (TPSA) is 0 Å². The van der Waals surface area contributed by atoms with E-state index in [9.17, 15) is 0 Å². The Morgan fingerprint density at radius 3 is 1.13 bits per heavy atom. The summed E-state index contributed by atoms with van der Waals surface area (Å²) in [6.07, 6.45) is 1.06. The molecule has 0 unspecified atom stereocenters. The van der Waals surface area contributed by atoms with Crippen LogP contribution in [0, 0.1) is 69.1 Å². The van der Waals surface area contributed by atoms with Crippen molar-refractivity contribution in [2.45, 2.75) is 66.1 Å². The van der Waals surface area contributed by atoms with E-state index in [1.807, 2.05) is 0 Å². The Bertz CT molecular complexity index is 65.4. The molecule has 0 N–H and O–H groups in total. The van der Waals surface area contributed by atoms with Crippen molar-refractivity contribution in [3.63, 3.8) is 0 Å². The van der Waals surface area contributed by atoms with Gasteiger partial charge in [-0.25, -0.2) is 0 Å². The first-order chi connectivity index (χ1) is 6.62. The van der Waals surface area contributed by atoms with Crippen LogP contribution in [-0.2, 0) is 0 Å². The van der Waals surface area contributed by atoms with E-state index in [0.29, 0.717) is 0 Å². The molecule has 0 aromatic heterocycles. The van der Waals surface area contributed by atoms with Crippen LogP contribution in [0.2, 0.25) is 18.1 Å². The summed E-state index contributed by atoms with van der Waals surface area (Å²) in [5, 5.41) is 0. The van der Waals surface area contributed by atoms with E-state index in [1.54, 1.807) is 6.92 Å². The van der Waals surface area contributed by atoms with Crippen LogP contribution in [0.4, 0.5) is 0 Å². The quantitative estimate of drug-likeness (QED) is 0.470. The maximum Gasteiger partial charge on any atom is 2.00 e. The average molecular weight is 367 g/mol. The van der Waals surface area contributed by atoms with Gasteiger partial charge in [0.25, 0.3) is 0 Å². The third-order valence-corrected chi connectivity index (χ3v) is 5.08. The van der Waals surface area contributed by atoms with Crippen molar-refractivity contribution in [2.75, 3.05) is 0 Å². The van der Waals surface area contributed by atoms with E-state index in [-0.39, 0.29) is 58.2 Å². The molecular weight excluding hydrogens is 336 g/mol. The molecule has 0 nitrogen and oxygen atoms in total. The molecule has 0 aliphatic heterocycles. The molecule has 0 aliphatic carbocycles. The fourth-order valence-electron chi connectivity index (χ4n) is 0.750. The molecule has 0 heterocycles. The zero-order chi connectivity index (χ0) is 12.0. The molecule has 0 saturated carbocycles. The van der Waals surface area contributed by atoms with E-state index in [0.717, 1.165) is 12.3 Å². The molecule has 0 aromatic rings. The molecule has 0 spiro atoms. The molecule has 0 fully saturated rings. The molecule has 0 amide bonds. The van der Waals surface area contributed by atoms with Gasteiger partial charge in [-0.15, -0.1) is 0 Å². The van der Waals surface area contributed by atoms with Gasteiger partial charge in [-0.05, 0) is 0 Å². The monoisotopic (exact) mass is 368 g/mol. The summed E-state index contributed by atoms with van der Waals surface area (Å²) in [7, 11) is 0.137. The average Bonchev–Trinajstić information content (AvgIpc) is 2.24. The third-order valence-electron chi connectivity index (χ3n) is 2.08. The van der Waals surface area contributed by atoms with Crippen molar-refractivity contribution in [1.29, 1.82) is 0 Å². The van der Waals surface area contributed by atoms with Gasteiger partial charge in [0, 0.05) is 8.80 Å². The standard InChI is InChI=1S/C6H15Si.C5H11.C2H5.Eu/c1-4-7(5-2)6-3;1-4-5(2)3;1-2;/h4-6H2,1-3H3;5H,1,4H2,2-3H3;1H2,2H3;/q;2*-1;+2. The Kier molecular flexibility index (Phi) is 42.4. The van der Waals surface area contributed by atoms with Crippen molar-refractivity contribution in [3.8, 4) is 0 Å². The third kappa shape index (κ3) is 31.3. The molecule has 0 atom stereocenters. The van der Waals surface area contributed by atoms with Gasteiger partial charge in [-0.1, -0.05) is 58.7 Å². The summed E-state index contributed by atoms with van der Waals surface area (Å²) in [5.41, 5.74) is 0. The number of hydrogen-bond donors (Lipinski definition) is 0. The molecule has 94 valence electrons. The summed E-state index contributed by atoms with van der Waals surface area (Å²) in [6.45, 7) is 19.9. The van der Waals surface area contributed by atoms with Gasteiger partial charge in [0.05, 0.1) is 0 Å². The fourth-order valence-corrected chi connectivity index (χ4v) is 2.25. The Morgan fingerprint density at radius 1 is 0.933 bits per heavy atom.